The van der Waals surface area contributed by atoms with Gasteiger partial charge in [-0.2, -0.15) is 0 Å². The summed E-state index contributed by atoms with van der Waals surface area (Å²) in [6, 6.07) is 12.7. The third-order valence-corrected chi connectivity index (χ3v) is 4.59. The lowest BCUT2D eigenvalue weighted by Crippen LogP contribution is -2.21. The van der Waals surface area contributed by atoms with Gasteiger partial charge in [0, 0.05) is 37.9 Å². The van der Waals surface area contributed by atoms with Crippen molar-refractivity contribution < 1.29 is 5.11 Å². The molecule has 0 amide bonds. The van der Waals surface area contributed by atoms with Crippen LogP contribution in [-0.4, -0.2) is 40.7 Å². The Morgan fingerprint density at radius 3 is 2.24 bits per heavy atom. The first-order valence-corrected chi connectivity index (χ1v) is 8.32. The SMILES string of the molecule is Cl.Cl.NCCc1ccc(CN2C[C@@H](Cc3ccncc3)[C@H](O)C2)cc1. The fourth-order valence-electron chi connectivity index (χ4n) is 3.33. The number of nitrogens with two attached hydrogens (primary N) is 1. The maximum absolute atomic E-state index is 10.3. The smallest absolute Gasteiger partial charge is 0.0710 e. The van der Waals surface area contributed by atoms with E-state index < -0.39 is 0 Å². The molecule has 2 aromatic rings. The molecular weight excluding hydrogens is 357 g/mol. The van der Waals surface area contributed by atoms with Crippen LogP contribution < -0.4 is 5.73 Å². The average molecular weight is 384 g/mol. The summed E-state index contributed by atoms with van der Waals surface area (Å²) in [4.78, 5) is 6.39. The maximum atomic E-state index is 10.3. The fourth-order valence-corrected chi connectivity index (χ4v) is 3.33. The standard InChI is InChI=1S/C19H25N3O.2ClH/c20-8-5-15-1-3-17(4-2-15)12-22-13-18(19(23)14-22)11-16-6-9-21-10-7-16;;/h1-4,6-7,9-10,18-19,23H,5,8,11-14,20H2;2*1H/t18-,19-;;/m1../s1. The van der Waals surface area contributed by atoms with Gasteiger partial charge in [-0.15, -0.1) is 24.8 Å². The molecule has 1 fully saturated rings. The Bertz CT molecular complexity index is 610. The quantitative estimate of drug-likeness (QED) is 0.803. The molecule has 0 aliphatic carbocycles. The molecule has 2 atom stereocenters. The highest BCUT2D eigenvalue weighted by Crippen LogP contribution is 2.23. The molecule has 0 spiro atoms. The molecule has 0 bridgehead atoms. The van der Waals surface area contributed by atoms with Gasteiger partial charge in [-0.1, -0.05) is 24.3 Å². The Morgan fingerprint density at radius 2 is 1.60 bits per heavy atom. The van der Waals surface area contributed by atoms with Gasteiger partial charge < -0.3 is 10.8 Å². The predicted octanol–water partition coefficient (Wildman–Crippen LogP) is 2.46. The molecule has 1 aromatic carbocycles. The molecule has 0 radical (unpaired) electrons. The fraction of sp³-hybridized carbons (Fsp3) is 0.421. The van der Waals surface area contributed by atoms with Crippen molar-refractivity contribution in [3.63, 3.8) is 0 Å². The lowest BCUT2D eigenvalue weighted by molar-refractivity contribution is 0.141. The van der Waals surface area contributed by atoms with Crippen LogP contribution in [0.25, 0.3) is 0 Å². The summed E-state index contributed by atoms with van der Waals surface area (Å²) in [6.07, 6.45) is 5.22. The third kappa shape index (κ3) is 6.24. The third-order valence-electron chi connectivity index (χ3n) is 4.59. The molecule has 0 unspecified atom stereocenters. The van der Waals surface area contributed by atoms with E-state index in [-0.39, 0.29) is 30.9 Å². The number of rotatable bonds is 6. The zero-order valence-electron chi connectivity index (χ0n) is 14.3. The number of aromatic nitrogens is 1. The first-order valence-electron chi connectivity index (χ1n) is 8.32. The summed E-state index contributed by atoms with van der Waals surface area (Å²) in [7, 11) is 0. The van der Waals surface area contributed by atoms with Crippen molar-refractivity contribution in [2.45, 2.75) is 25.5 Å². The lowest BCUT2D eigenvalue weighted by Gasteiger charge is -2.16. The highest BCUT2D eigenvalue weighted by atomic mass is 35.5. The number of likely N-dealkylation sites (tertiary alicyclic amines) is 1. The number of aliphatic hydroxyl groups is 1. The van der Waals surface area contributed by atoms with E-state index >= 15 is 0 Å². The Kier molecular flexibility index (Phi) is 9.39. The lowest BCUT2D eigenvalue weighted by atomic mass is 9.97. The zero-order valence-corrected chi connectivity index (χ0v) is 15.9. The molecule has 4 nitrogen and oxygen atoms in total. The molecule has 1 saturated heterocycles. The summed E-state index contributed by atoms with van der Waals surface area (Å²) < 4.78 is 0. The van der Waals surface area contributed by atoms with Gasteiger partial charge in [0.25, 0.3) is 0 Å². The van der Waals surface area contributed by atoms with Gasteiger partial charge in [0.1, 0.15) is 0 Å². The van der Waals surface area contributed by atoms with Crippen LogP contribution in [0.3, 0.4) is 0 Å². The number of pyridine rings is 1. The van der Waals surface area contributed by atoms with Gasteiger partial charge in [0.15, 0.2) is 0 Å². The molecular formula is C19H27Cl2N3O. The average Bonchev–Trinajstić information content (AvgIpc) is 2.90. The van der Waals surface area contributed by atoms with Gasteiger partial charge >= 0.3 is 0 Å². The highest BCUT2D eigenvalue weighted by molar-refractivity contribution is 5.85. The summed E-state index contributed by atoms with van der Waals surface area (Å²) in [5, 5.41) is 10.3. The van der Waals surface area contributed by atoms with Crippen LogP contribution in [-0.2, 0) is 19.4 Å². The summed E-state index contributed by atoms with van der Waals surface area (Å²) >= 11 is 0. The van der Waals surface area contributed by atoms with Crippen molar-refractivity contribution in [2.24, 2.45) is 11.7 Å². The first kappa shape index (κ1) is 21.9. The number of aliphatic hydroxyl groups excluding tert-OH is 1. The first-order chi connectivity index (χ1) is 11.2. The second-order valence-electron chi connectivity index (χ2n) is 6.44. The summed E-state index contributed by atoms with van der Waals surface area (Å²) in [5.74, 6) is 0.300. The number of hydrogen-bond acceptors (Lipinski definition) is 4. The molecule has 138 valence electrons. The monoisotopic (exact) mass is 383 g/mol. The molecule has 3 rings (SSSR count). The van der Waals surface area contributed by atoms with E-state index in [0.29, 0.717) is 12.5 Å². The van der Waals surface area contributed by atoms with E-state index in [2.05, 4.69) is 34.1 Å². The molecule has 6 heteroatoms. The number of halogens is 2. The van der Waals surface area contributed by atoms with E-state index in [9.17, 15) is 5.11 Å². The Labute approximate surface area is 162 Å². The van der Waals surface area contributed by atoms with Crippen LogP contribution in [0.15, 0.2) is 48.8 Å². The molecule has 1 aromatic heterocycles. The maximum Gasteiger partial charge on any atom is 0.0710 e. The minimum Gasteiger partial charge on any atom is -0.391 e. The van der Waals surface area contributed by atoms with Crippen LogP contribution >= 0.6 is 24.8 Å². The molecule has 1 aliphatic heterocycles. The van der Waals surface area contributed by atoms with Gasteiger partial charge in [0.2, 0.25) is 0 Å². The molecule has 3 N–H and O–H groups in total. The van der Waals surface area contributed by atoms with E-state index in [0.717, 1.165) is 32.5 Å². The van der Waals surface area contributed by atoms with Crippen molar-refractivity contribution in [1.82, 2.24) is 9.88 Å². The molecule has 25 heavy (non-hydrogen) atoms. The normalized spacial score (nSPS) is 19.9. The van der Waals surface area contributed by atoms with E-state index in [1.807, 2.05) is 24.5 Å². The largest absolute Gasteiger partial charge is 0.391 e. The van der Waals surface area contributed by atoms with Crippen LogP contribution in [0.5, 0.6) is 0 Å². The number of hydrogen-bond donors (Lipinski definition) is 2. The van der Waals surface area contributed by atoms with Crippen molar-refractivity contribution in [2.75, 3.05) is 19.6 Å². The number of benzene rings is 1. The van der Waals surface area contributed by atoms with Gasteiger partial charge in [-0.3, -0.25) is 9.88 Å². The van der Waals surface area contributed by atoms with Crippen LogP contribution in [0.2, 0.25) is 0 Å². The van der Waals surface area contributed by atoms with Crippen LogP contribution in [0.1, 0.15) is 16.7 Å². The second kappa shape index (κ2) is 10.7. The van der Waals surface area contributed by atoms with Crippen molar-refractivity contribution in [3.8, 4) is 0 Å². The second-order valence-corrected chi connectivity index (χ2v) is 6.44. The van der Waals surface area contributed by atoms with Crippen molar-refractivity contribution in [3.05, 3.63) is 65.5 Å². The predicted molar refractivity (Wildman–Crippen MR) is 106 cm³/mol. The van der Waals surface area contributed by atoms with Crippen molar-refractivity contribution in [1.29, 1.82) is 0 Å². The molecule has 0 saturated carbocycles. The Hall–Kier alpha value is -1.17. The Morgan fingerprint density at radius 1 is 0.960 bits per heavy atom. The number of β-amino-alcohol motifs (C(OH)–C–C–N with tert-alkyl or cyclic N) is 1. The van der Waals surface area contributed by atoms with Gasteiger partial charge in [-0.25, -0.2) is 0 Å². The number of nitrogens with zero attached hydrogens (tertiary/aromatic N) is 2. The topological polar surface area (TPSA) is 62.4 Å². The van der Waals surface area contributed by atoms with E-state index in [4.69, 9.17) is 5.73 Å². The highest BCUT2D eigenvalue weighted by Gasteiger charge is 2.31. The molecule has 2 heterocycles. The molecule has 1 aliphatic rings. The summed E-state index contributed by atoms with van der Waals surface area (Å²) in [6.45, 7) is 3.27. The van der Waals surface area contributed by atoms with Crippen LogP contribution in [0.4, 0.5) is 0 Å². The summed E-state index contributed by atoms with van der Waals surface area (Å²) in [5.41, 5.74) is 9.41. The van der Waals surface area contributed by atoms with E-state index in [1.54, 1.807) is 0 Å². The van der Waals surface area contributed by atoms with Crippen molar-refractivity contribution >= 4 is 24.8 Å². The Balaban J connectivity index is 0.00000156. The minimum atomic E-state index is -0.250. The van der Waals surface area contributed by atoms with Gasteiger partial charge in [-0.05, 0) is 48.2 Å². The zero-order chi connectivity index (χ0) is 16.1. The van der Waals surface area contributed by atoms with Crippen LogP contribution in [0, 0.1) is 5.92 Å². The van der Waals surface area contributed by atoms with E-state index in [1.165, 1.54) is 16.7 Å². The minimum absolute atomic E-state index is 0. The van der Waals surface area contributed by atoms with Gasteiger partial charge in [0.05, 0.1) is 6.10 Å².